The third kappa shape index (κ3) is 2.90. The molecule has 0 heterocycles. The second-order valence-corrected chi connectivity index (χ2v) is 4.53. The highest BCUT2D eigenvalue weighted by molar-refractivity contribution is 5.65. The SMILES string of the molecule is C/C=C/Cc1ccc(-c2ccc(C)c(F)c2F)cc1. The first-order valence-electron chi connectivity index (χ1n) is 6.28. The molecular weight excluding hydrogens is 242 g/mol. The van der Waals surface area contributed by atoms with E-state index in [9.17, 15) is 8.78 Å². The number of rotatable bonds is 3. The summed E-state index contributed by atoms with van der Waals surface area (Å²) in [5, 5.41) is 0. The zero-order valence-electron chi connectivity index (χ0n) is 11.1. The van der Waals surface area contributed by atoms with E-state index in [0.717, 1.165) is 12.0 Å². The van der Waals surface area contributed by atoms with Crippen LogP contribution in [0.2, 0.25) is 0 Å². The first kappa shape index (κ1) is 13.5. The van der Waals surface area contributed by atoms with Crippen LogP contribution in [0.5, 0.6) is 0 Å². The molecule has 0 saturated heterocycles. The Morgan fingerprint density at radius 1 is 0.947 bits per heavy atom. The molecule has 19 heavy (non-hydrogen) atoms. The Balaban J connectivity index is 2.35. The number of allylic oxidation sites excluding steroid dienone is 2. The van der Waals surface area contributed by atoms with E-state index in [1.807, 2.05) is 37.3 Å². The Morgan fingerprint density at radius 3 is 2.26 bits per heavy atom. The van der Waals surface area contributed by atoms with Crippen LogP contribution in [0.1, 0.15) is 18.1 Å². The van der Waals surface area contributed by atoms with Crippen LogP contribution in [0.3, 0.4) is 0 Å². The standard InChI is InChI=1S/C17H16F2/c1-3-4-5-13-7-9-14(10-8-13)15-11-6-12(2)16(18)17(15)19/h3-4,6-11H,5H2,1-2H3/b4-3+. The minimum absolute atomic E-state index is 0.306. The van der Waals surface area contributed by atoms with Gasteiger partial charge in [-0.2, -0.15) is 0 Å². The summed E-state index contributed by atoms with van der Waals surface area (Å²) in [4.78, 5) is 0. The van der Waals surface area contributed by atoms with Crippen LogP contribution in [0.25, 0.3) is 11.1 Å². The maximum Gasteiger partial charge on any atom is 0.166 e. The Morgan fingerprint density at radius 2 is 1.63 bits per heavy atom. The third-order valence-electron chi connectivity index (χ3n) is 3.13. The van der Waals surface area contributed by atoms with Gasteiger partial charge in [0, 0.05) is 5.56 Å². The van der Waals surface area contributed by atoms with Crippen molar-refractivity contribution in [2.24, 2.45) is 0 Å². The van der Waals surface area contributed by atoms with Crippen molar-refractivity contribution in [2.45, 2.75) is 20.3 Å². The maximum absolute atomic E-state index is 13.9. The summed E-state index contributed by atoms with van der Waals surface area (Å²) >= 11 is 0. The summed E-state index contributed by atoms with van der Waals surface area (Å²) < 4.78 is 27.4. The maximum atomic E-state index is 13.9. The lowest BCUT2D eigenvalue weighted by atomic mass is 10.0. The average molecular weight is 258 g/mol. The fourth-order valence-corrected chi connectivity index (χ4v) is 1.94. The van der Waals surface area contributed by atoms with Crippen molar-refractivity contribution in [1.29, 1.82) is 0 Å². The monoisotopic (exact) mass is 258 g/mol. The number of benzene rings is 2. The van der Waals surface area contributed by atoms with Gasteiger partial charge in [0.15, 0.2) is 11.6 Å². The number of halogens is 2. The quantitative estimate of drug-likeness (QED) is 0.675. The molecule has 0 atom stereocenters. The van der Waals surface area contributed by atoms with Gasteiger partial charge in [0.1, 0.15) is 0 Å². The molecule has 2 rings (SSSR count). The van der Waals surface area contributed by atoms with E-state index in [1.165, 1.54) is 0 Å². The second-order valence-electron chi connectivity index (χ2n) is 4.53. The van der Waals surface area contributed by atoms with Gasteiger partial charge < -0.3 is 0 Å². The Kier molecular flexibility index (Phi) is 4.10. The van der Waals surface area contributed by atoms with Gasteiger partial charge in [-0.25, -0.2) is 8.78 Å². The van der Waals surface area contributed by atoms with E-state index in [-0.39, 0.29) is 0 Å². The summed E-state index contributed by atoms with van der Waals surface area (Å²) in [6, 6.07) is 10.7. The van der Waals surface area contributed by atoms with Crippen LogP contribution in [-0.4, -0.2) is 0 Å². The fourth-order valence-electron chi connectivity index (χ4n) is 1.94. The van der Waals surface area contributed by atoms with Gasteiger partial charge in [0.25, 0.3) is 0 Å². The summed E-state index contributed by atoms with van der Waals surface area (Å²) in [6.45, 7) is 3.53. The van der Waals surface area contributed by atoms with Crippen molar-refractivity contribution >= 4 is 0 Å². The molecule has 2 aromatic carbocycles. The number of hydrogen-bond donors (Lipinski definition) is 0. The predicted octanol–water partition coefficient (Wildman–Crippen LogP) is 5.06. The molecule has 0 fully saturated rings. The van der Waals surface area contributed by atoms with E-state index in [4.69, 9.17) is 0 Å². The molecule has 0 radical (unpaired) electrons. The molecule has 0 aliphatic carbocycles. The Labute approximate surface area is 112 Å². The molecule has 0 amide bonds. The summed E-state index contributed by atoms with van der Waals surface area (Å²) in [5.74, 6) is -1.54. The molecule has 2 heteroatoms. The van der Waals surface area contributed by atoms with Gasteiger partial charge in [-0.15, -0.1) is 0 Å². The highest BCUT2D eigenvalue weighted by atomic mass is 19.2. The van der Waals surface area contributed by atoms with E-state index in [2.05, 4.69) is 6.08 Å². The largest absolute Gasteiger partial charge is 0.203 e. The van der Waals surface area contributed by atoms with Gasteiger partial charge in [-0.3, -0.25) is 0 Å². The molecule has 0 saturated carbocycles. The highest BCUT2D eigenvalue weighted by Crippen LogP contribution is 2.26. The zero-order chi connectivity index (χ0) is 13.8. The molecule has 0 spiro atoms. The normalized spacial score (nSPS) is 11.2. The first-order valence-corrected chi connectivity index (χ1v) is 6.28. The van der Waals surface area contributed by atoms with Gasteiger partial charge in [-0.1, -0.05) is 48.6 Å². The van der Waals surface area contributed by atoms with Crippen LogP contribution < -0.4 is 0 Å². The van der Waals surface area contributed by atoms with Crippen molar-refractivity contribution in [3.63, 3.8) is 0 Å². The minimum Gasteiger partial charge on any atom is -0.203 e. The third-order valence-corrected chi connectivity index (χ3v) is 3.13. The second kappa shape index (κ2) is 5.79. The average Bonchev–Trinajstić information content (AvgIpc) is 2.44. The molecule has 0 aliphatic rings. The van der Waals surface area contributed by atoms with Crippen LogP contribution in [-0.2, 0) is 6.42 Å². The Bertz CT molecular complexity index is 595. The lowest BCUT2D eigenvalue weighted by molar-refractivity contribution is 0.505. The lowest BCUT2D eigenvalue weighted by Gasteiger charge is -2.07. The molecule has 98 valence electrons. The molecule has 0 N–H and O–H groups in total. The number of hydrogen-bond acceptors (Lipinski definition) is 0. The van der Waals surface area contributed by atoms with E-state index >= 15 is 0 Å². The molecule has 0 aromatic heterocycles. The molecule has 2 aromatic rings. The van der Waals surface area contributed by atoms with E-state index in [0.29, 0.717) is 16.7 Å². The van der Waals surface area contributed by atoms with Gasteiger partial charge in [0.2, 0.25) is 0 Å². The van der Waals surface area contributed by atoms with Crippen molar-refractivity contribution in [3.8, 4) is 11.1 Å². The predicted molar refractivity (Wildman–Crippen MR) is 75.0 cm³/mol. The van der Waals surface area contributed by atoms with Crippen LogP contribution in [0.15, 0.2) is 48.6 Å². The summed E-state index contributed by atoms with van der Waals surface area (Å²) in [5.41, 5.74) is 2.47. The molecule has 0 unspecified atom stereocenters. The highest BCUT2D eigenvalue weighted by Gasteiger charge is 2.12. The number of aryl methyl sites for hydroxylation is 1. The van der Waals surface area contributed by atoms with Crippen molar-refractivity contribution < 1.29 is 8.78 Å². The molecular formula is C17H16F2. The summed E-state index contributed by atoms with van der Waals surface area (Å²) in [6.07, 6.45) is 4.89. The molecule has 0 nitrogen and oxygen atoms in total. The van der Waals surface area contributed by atoms with E-state index in [1.54, 1.807) is 19.1 Å². The topological polar surface area (TPSA) is 0 Å². The lowest BCUT2D eigenvalue weighted by Crippen LogP contribution is -1.93. The first-order chi connectivity index (χ1) is 9.13. The van der Waals surface area contributed by atoms with E-state index < -0.39 is 11.6 Å². The fraction of sp³-hybridized carbons (Fsp3) is 0.176. The zero-order valence-corrected chi connectivity index (χ0v) is 11.1. The minimum atomic E-state index is -0.777. The van der Waals surface area contributed by atoms with Crippen LogP contribution in [0.4, 0.5) is 8.78 Å². The van der Waals surface area contributed by atoms with Gasteiger partial charge in [-0.05, 0) is 37.0 Å². The molecule has 0 bridgehead atoms. The van der Waals surface area contributed by atoms with Crippen LogP contribution in [0, 0.1) is 18.6 Å². The molecule has 0 aliphatic heterocycles. The van der Waals surface area contributed by atoms with Crippen LogP contribution >= 0.6 is 0 Å². The van der Waals surface area contributed by atoms with Gasteiger partial charge in [0.05, 0.1) is 0 Å². The van der Waals surface area contributed by atoms with Crippen molar-refractivity contribution in [2.75, 3.05) is 0 Å². The van der Waals surface area contributed by atoms with Crippen molar-refractivity contribution in [3.05, 3.63) is 71.3 Å². The van der Waals surface area contributed by atoms with Gasteiger partial charge >= 0.3 is 0 Å². The summed E-state index contributed by atoms with van der Waals surface area (Å²) in [7, 11) is 0. The van der Waals surface area contributed by atoms with Crippen molar-refractivity contribution in [1.82, 2.24) is 0 Å². The Hall–Kier alpha value is -1.96. The smallest absolute Gasteiger partial charge is 0.166 e.